The lowest BCUT2D eigenvalue weighted by atomic mass is 10.0. The highest BCUT2D eigenvalue weighted by Crippen LogP contribution is 2.32. The third-order valence-electron chi connectivity index (χ3n) is 5.41. The maximum absolute atomic E-state index is 13.0. The molecule has 1 amide bonds. The molecule has 0 aromatic heterocycles. The smallest absolute Gasteiger partial charge is 0.266 e. The van der Waals surface area contributed by atoms with Crippen molar-refractivity contribution in [3.8, 4) is 17.6 Å². The quantitative estimate of drug-likeness (QED) is 0.192. The summed E-state index contributed by atoms with van der Waals surface area (Å²) < 4.78 is 11.5. The molecule has 0 saturated heterocycles. The summed E-state index contributed by atoms with van der Waals surface area (Å²) in [5, 5.41) is 15.4. The van der Waals surface area contributed by atoms with E-state index in [4.69, 9.17) is 32.7 Å². The van der Waals surface area contributed by atoms with Gasteiger partial charge in [-0.3, -0.25) is 4.79 Å². The minimum absolute atomic E-state index is 0.0605. The van der Waals surface area contributed by atoms with Crippen molar-refractivity contribution in [1.82, 2.24) is 0 Å². The second-order valence-electron chi connectivity index (χ2n) is 7.80. The van der Waals surface area contributed by atoms with E-state index < -0.39 is 5.91 Å². The van der Waals surface area contributed by atoms with Gasteiger partial charge in [-0.05, 0) is 66.2 Å². The number of carbonyl (C=O) groups excluding carboxylic acids is 1. The summed E-state index contributed by atoms with van der Waals surface area (Å²) in [5.41, 5.74) is 1.88. The Morgan fingerprint density at radius 3 is 2.50 bits per heavy atom. The number of ether oxygens (including phenoxy) is 2. The molecule has 5 nitrogen and oxygen atoms in total. The van der Waals surface area contributed by atoms with Crippen LogP contribution < -0.4 is 14.8 Å². The third kappa shape index (κ3) is 5.98. The number of hydrogen-bond acceptors (Lipinski definition) is 4. The van der Waals surface area contributed by atoms with Crippen LogP contribution in [0.15, 0.2) is 84.4 Å². The number of anilines is 1. The van der Waals surface area contributed by atoms with Gasteiger partial charge >= 0.3 is 0 Å². The summed E-state index contributed by atoms with van der Waals surface area (Å²) in [6.45, 7) is 2.64. The molecule has 1 N–H and O–H groups in total. The summed E-state index contributed by atoms with van der Waals surface area (Å²) in [4.78, 5) is 13.0. The summed E-state index contributed by atoms with van der Waals surface area (Å²) in [6.07, 6.45) is 1.55. The number of fused-ring (bicyclic) bond motifs is 1. The summed E-state index contributed by atoms with van der Waals surface area (Å²) in [5.74, 6) is 0.688. The van der Waals surface area contributed by atoms with Crippen LogP contribution in [0.4, 0.5) is 5.69 Å². The van der Waals surface area contributed by atoms with Crippen LogP contribution >= 0.6 is 23.2 Å². The third-order valence-corrected chi connectivity index (χ3v) is 5.99. The predicted octanol–water partition coefficient (Wildman–Crippen LogP) is 7.67. The van der Waals surface area contributed by atoms with Crippen molar-refractivity contribution < 1.29 is 14.3 Å². The standard InChI is InChI=1S/C29H22Cl2N2O3/c1-2-35-24-12-10-23(11-13-24)33-29(34)21(17-32)15-26-25-6-4-3-5-19(25)8-14-28(26)36-18-20-7-9-22(30)16-27(20)31/h3-16H,2,18H2,1H3,(H,33,34)/b21-15-. The van der Waals surface area contributed by atoms with Crippen LogP contribution in [0.25, 0.3) is 16.8 Å². The second kappa shape index (κ2) is 11.6. The van der Waals surface area contributed by atoms with Crippen molar-refractivity contribution in [2.24, 2.45) is 0 Å². The second-order valence-corrected chi connectivity index (χ2v) is 8.65. The highest BCUT2D eigenvalue weighted by molar-refractivity contribution is 6.35. The molecule has 0 unspecified atom stereocenters. The van der Waals surface area contributed by atoms with Crippen molar-refractivity contribution in [1.29, 1.82) is 5.26 Å². The van der Waals surface area contributed by atoms with Gasteiger partial charge < -0.3 is 14.8 Å². The van der Waals surface area contributed by atoms with E-state index in [1.807, 2.05) is 49.4 Å². The van der Waals surface area contributed by atoms with Crippen LogP contribution in [0.1, 0.15) is 18.1 Å². The van der Waals surface area contributed by atoms with Gasteiger partial charge in [0.15, 0.2) is 0 Å². The van der Waals surface area contributed by atoms with Crippen LogP contribution in [-0.2, 0) is 11.4 Å². The van der Waals surface area contributed by atoms with E-state index in [9.17, 15) is 10.1 Å². The number of carbonyl (C=O) groups is 1. The Morgan fingerprint density at radius 1 is 1.00 bits per heavy atom. The van der Waals surface area contributed by atoms with Gasteiger partial charge in [-0.25, -0.2) is 0 Å². The maximum Gasteiger partial charge on any atom is 0.266 e. The average Bonchev–Trinajstić information content (AvgIpc) is 2.88. The maximum atomic E-state index is 13.0. The van der Waals surface area contributed by atoms with Crippen LogP contribution in [0, 0.1) is 11.3 Å². The van der Waals surface area contributed by atoms with Gasteiger partial charge in [0.1, 0.15) is 29.7 Å². The van der Waals surface area contributed by atoms with Gasteiger partial charge in [0.05, 0.1) is 6.61 Å². The lowest BCUT2D eigenvalue weighted by Gasteiger charge is -2.14. The molecule has 0 saturated carbocycles. The molecule has 36 heavy (non-hydrogen) atoms. The van der Waals surface area contributed by atoms with Crippen molar-refractivity contribution in [2.75, 3.05) is 11.9 Å². The minimum atomic E-state index is -0.527. The number of hydrogen-bond donors (Lipinski definition) is 1. The zero-order valence-corrected chi connectivity index (χ0v) is 20.9. The van der Waals surface area contributed by atoms with E-state index in [0.29, 0.717) is 39.4 Å². The average molecular weight is 517 g/mol. The fourth-order valence-electron chi connectivity index (χ4n) is 3.64. The number of halogens is 2. The summed E-state index contributed by atoms with van der Waals surface area (Å²) >= 11 is 12.3. The zero-order chi connectivity index (χ0) is 25.5. The molecule has 4 aromatic carbocycles. The van der Waals surface area contributed by atoms with Gasteiger partial charge in [-0.15, -0.1) is 0 Å². The van der Waals surface area contributed by atoms with Crippen molar-refractivity contribution in [3.63, 3.8) is 0 Å². The first-order chi connectivity index (χ1) is 17.5. The molecule has 0 aliphatic carbocycles. The van der Waals surface area contributed by atoms with Crippen molar-refractivity contribution in [3.05, 3.63) is 106 Å². The van der Waals surface area contributed by atoms with Crippen LogP contribution in [-0.4, -0.2) is 12.5 Å². The van der Waals surface area contributed by atoms with Crippen LogP contribution in [0.3, 0.4) is 0 Å². The number of nitrogens with zero attached hydrogens (tertiary/aromatic N) is 1. The van der Waals surface area contributed by atoms with E-state index in [1.54, 1.807) is 48.5 Å². The molecule has 0 bridgehead atoms. The lowest BCUT2D eigenvalue weighted by molar-refractivity contribution is -0.112. The van der Waals surface area contributed by atoms with E-state index in [2.05, 4.69) is 5.32 Å². The Hall–Kier alpha value is -3.98. The first kappa shape index (κ1) is 25.1. The van der Waals surface area contributed by atoms with E-state index in [-0.39, 0.29) is 12.2 Å². The Balaban J connectivity index is 1.65. The van der Waals surface area contributed by atoms with E-state index in [0.717, 1.165) is 16.3 Å². The largest absolute Gasteiger partial charge is 0.494 e. The number of nitrogens with one attached hydrogen (secondary N) is 1. The number of nitriles is 1. The highest BCUT2D eigenvalue weighted by Gasteiger charge is 2.14. The molecule has 0 aliphatic rings. The first-order valence-electron chi connectivity index (χ1n) is 11.2. The highest BCUT2D eigenvalue weighted by atomic mass is 35.5. The molecule has 180 valence electrons. The molecule has 4 aromatic rings. The molecule has 7 heteroatoms. The van der Waals surface area contributed by atoms with E-state index in [1.165, 1.54) is 0 Å². The number of amides is 1. The van der Waals surface area contributed by atoms with Crippen molar-refractivity contribution >= 4 is 51.6 Å². The molecule has 0 aliphatic heterocycles. The number of rotatable bonds is 8. The Kier molecular flexibility index (Phi) is 8.12. The predicted molar refractivity (Wildman–Crippen MR) is 145 cm³/mol. The summed E-state index contributed by atoms with van der Waals surface area (Å²) in [6, 6.07) is 25.6. The Labute approximate surface area is 219 Å². The zero-order valence-electron chi connectivity index (χ0n) is 19.4. The number of benzene rings is 4. The normalized spacial score (nSPS) is 11.1. The SMILES string of the molecule is CCOc1ccc(NC(=O)/C(C#N)=C\c2c(OCc3ccc(Cl)cc3Cl)ccc3ccccc23)cc1. The van der Waals surface area contributed by atoms with Crippen LogP contribution in [0.2, 0.25) is 10.0 Å². The molecule has 0 atom stereocenters. The van der Waals surface area contributed by atoms with Gasteiger partial charge in [0.2, 0.25) is 0 Å². The molecule has 4 rings (SSSR count). The van der Waals surface area contributed by atoms with Gasteiger partial charge in [0, 0.05) is 26.9 Å². The molecule has 0 fully saturated rings. The van der Waals surface area contributed by atoms with E-state index >= 15 is 0 Å². The summed E-state index contributed by atoms with van der Waals surface area (Å²) in [7, 11) is 0. The Morgan fingerprint density at radius 2 is 1.78 bits per heavy atom. The van der Waals surface area contributed by atoms with Crippen molar-refractivity contribution in [2.45, 2.75) is 13.5 Å². The fourth-order valence-corrected chi connectivity index (χ4v) is 4.10. The first-order valence-corrected chi connectivity index (χ1v) is 12.0. The molecule has 0 radical (unpaired) electrons. The topological polar surface area (TPSA) is 71.3 Å². The molecule has 0 heterocycles. The van der Waals surface area contributed by atoms with Gasteiger partial charge in [-0.2, -0.15) is 5.26 Å². The minimum Gasteiger partial charge on any atom is -0.494 e. The fraction of sp³-hybridized carbons (Fsp3) is 0.103. The molecular weight excluding hydrogens is 495 g/mol. The Bertz CT molecular complexity index is 1470. The van der Waals surface area contributed by atoms with Gasteiger partial charge in [-0.1, -0.05) is 59.6 Å². The monoisotopic (exact) mass is 516 g/mol. The van der Waals surface area contributed by atoms with Gasteiger partial charge in [0.25, 0.3) is 5.91 Å². The van der Waals surface area contributed by atoms with Crippen LogP contribution in [0.5, 0.6) is 11.5 Å². The molecular formula is C29H22Cl2N2O3. The lowest BCUT2D eigenvalue weighted by Crippen LogP contribution is -2.13. The molecule has 0 spiro atoms.